The molecule has 0 aliphatic rings. The molecule has 0 atom stereocenters. The van der Waals surface area contributed by atoms with Crippen molar-refractivity contribution in [2.24, 2.45) is 4.99 Å². The second-order valence-corrected chi connectivity index (χ2v) is 5.32. The molecule has 0 bridgehead atoms. The normalized spacial score (nSPS) is 11.2. The first kappa shape index (κ1) is 15.0. The molecule has 23 heavy (non-hydrogen) atoms. The molecule has 0 unspecified atom stereocenters. The number of rotatable bonds is 5. The molecule has 0 fully saturated rings. The second-order valence-electron chi connectivity index (χ2n) is 5.32. The highest BCUT2D eigenvalue weighted by atomic mass is 16.5. The van der Waals surface area contributed by atoms with Gasteiger partial charge in [0.15, 0.2) is 6.20 Å². The van der Waals surface area contributed by atoms with Gasteiger partial charge in [0.2, 0.25) is 5.69 Å². The number of hydrogen-bond donors (Lipinski definition) is 0. The molecule has 0 aliphatic heterocycles. The van der Waals surface area contributed by atoms with Gasteiger partial charge in [0, 0.05) is 18.1 Å². The summed E-state index contributed by atoms with van der Waals surface area (Å²) in [6.07, 6.45) is 3.12. The minimum Gasteiger partial charge on any atom is -0.618 e. The Bertz CT molecular complexity index is 730. The van der Waals surface area contributed by atoms with Crippen molar-refractivity contribution >= 4 is 6.21 Å². The van der Waals surface area contributed by atoms with Gasteiger partial charge in [-0.15, -0.1) is 0 Å². The second kappa shape index (κ2) is 7.36. The maximum Gasteiger partial charge on any atom is 0.234 e. The van der Waals surface area contributed by atoms with Crippen LogP contribution in [-0.4, -0.2) is 12.8 Å². The fourth-order valence-electron chi connectivity index (χ4n) is 2.57. The average Bonchev–Trinajstić information content (AvgIpc) is 2.62. The maximum absolute atomic E-state index is 11.7. The van der Waals surface area contributed by atoms with Gasteiger partial charge in [-0.2, -0.15) is 4.73 Å². The Morgan fingerprint density at radius 2 is 1.39 bits per heavy atom. The minimum absolute atomic E-state index is 0.178. The van der Waals surface area contributed by atoms with Crippen LogP contribution in [0.25, 0.3) is 0 Å². The van der Waals surface area contributed by atoms with Crippen LogP contribution in [0.4, 0.5) is 0 Å². The van der Waals surface area contributed by atoms with Crippen LogP contribution in [0.5, 0.6) is 0 Å². The number of aromatic nitrogens is 1. The maximum atomic E-state index is 11.7. The van der Waals surface area contributed by atoms with E-state index in [2.05, 4.69) is 29.3 Å². The van der Waals surface area contributed by atoms with Crippen LogP contribution in [0.15, 0.2) is 90.1 Å². The summed E-state index contributed by atoms with van der Waals surface area (Å²) in [4.78, 5) is 4.51. The van der Waals surface area contributed by atoms with Gasteiger partial charge in [-0.3, -0.25) is 4.99 Å². The zero-order valence-electron chi connectivity index (χ0n) is 12.7. The lowest BCUT2D eigenvalue weighted by molar-refractivity contribution is -0.606. The van der Waals surface area contributed by atoms with Crippen molar-refractivity contribution in [2.45, 2.75) is 5.92 Å². The molecule has 2 aromatic carbocycles. The molecule has 0 amide bonds. The van der Waals surface area contributed by atoms with Crippen LogP contribution < -0.4 is 4.73 Å². The number of nitrogens with zero attached hydrogens (tertiary/aromatic N) is 2. The summed E-state index contributed by atoms with van der Waals surface area (Å²) >= 11 is 0. The zero-order valence-corrected chi connectivity index (χ0v) is 12.7. The number of benzene rings is 2. The van der Waals surface area contributed by atoms with E-state index in [1.165, 1.54) is 17.3 Å². The van der Waals surface area contributed by atoms with E-state index in [9.17, 15) is 5.21 Å². The fourth-order valence-corrected chi connectivity index (χ4v) is 2.57. The number of aliphatic imine (C=N–C) groups is 1. The summed E-state index contributed by atoms with van der Waals surface area (Å²) in [6.45, 7) is 0.600. The Hall–Kier alpha value is -2.94. The molecular weight excluding hydrogens is 284 g/mol. The van der Waals surface area contributed by atoms with Gasteiger partial charge < -0.3 is 5.21 Å². The van der Waals surface area contributed by atoms with E-state index in [0.717, 1.165) is 4.73 Å². The highest BCUT2D eigenvalue weighted by Crippen LogP contribution is 2.24. The third-order valence-electron chi connectivity index (χ3n) is 3.77. The molecule has 0 spiro atoms. The van der Waals surface area contributed by atoms with Crippen LogP contribution in [0, 0.1) is 5.21 Å². The number of pyridine rings is 1. The van der Waals surface area contributed by atoms with Crippen LogP contribution in [0.2, 0.25) is 0 Å². The third kappa shape index (κ3) is 3.83. The quantitative estimate of drug-likeness (QED) is 0.403. The summed E-state index contributed by atoms with van der Waals surface area (Å²) in [5.41, 5.74) is 2.99. The summed E-state index contributed by atoms with van der Waals surface area (Å²) in [5, 5.41) is 11.7. The first-order valence-corrected chi connectivity index (χ1v) is 7.62. The fraction of sp³-hybridized carbons (Fsp3) is 0.100. The highest BCUT2D eigenvalue weighted by molar-refractivity contribution is 5.75. The predicted octanol–water partition coefficient (Wildman–Crippen LogP) is 3.57. The lowest BCUT2D eigenvalue weighted by atomic mass is 9.91. The molecule has 0 saturated heterocycles. The first-order valence-electron chi connectivity index (χ1n) is 7.62. The van der Waals surface area contributed by atoms with Crippen LogP contribution >= 0.6 is 0 Å². The Labute approximate surface area is 136 Å². The molecule has 1 heterocycles. The molecule has 1 aromatic heterocycles. The van der Waals surface area contributed by atoms with Crippen LogP contribution in [0.3, 0.4) is 0 Å². The zero-order chi connectivity index (χ0) is 15.9. The van der Waals surface area contributed by atoms with Crippen molar-refractivity contribution in [3.05, 3.63) is 107 Å². The smallest absolute Gasteiger partial charge is 0.234 e. The lowest BCUT2D eigenvalue weighted by Gasteiger charge is -2.15. The van der Waals surface area contributed by atoms with Crippen molar-refractivity contribution in [2.75, 3.05) is 6.54 Å². The molecule has 3 nitrogen and oxygen atoms in total. The van der Waals surface area contributed by atoms with Gasteiger partial charge in [-0.1, -0.05) is 60.7 Å². The van der Waals surface area contributed by atoms with E-state index in [0.29, 0.717) is 12.2 Å². The van der Waals surface area contributed by atoms with Gasteiger partial charge >= 0.3 is 0 Å². The van der Waals surface area contributed by atoms with Crippen molar-refractivity contribution in [1.29, 1.82) is 0 Å². The summed E-state index contributed by atoms with van der Waals surface area (Å²) in [7, 11) is 0. The van der Waals surface area contributed by atoms with Gasteiger partial charge in [-0.25, -0.2) is 0 Å². The highest BCUT2D eigenvalue weighted by Gasteiger charge is 2.13. The monoisotopic (exact) mass is 302 g/mol. The van der Waals surface area contributed by atoms with Crippen molar-refractivity contribution in [3.63, 3.8) is 0 Å². The van der Waals surface area contributed by atoms with Crippen molar-refractivity contribution in [1.82, 2.24) is 0 Å². The average molecular weight is 302 g/mol. The molecule has 0 radical (unpaired) electrons. The minimum atomic E-state index is 0.178. The van der Waals surface area contributed by atoms with Crippen molar-refractivity contribution < 1.29 is 4.73 Å². The Balaban J connectivity index is 1.84. The largest absolute Gasteiger partial charge is 0.618 e. The molecule has 114 valence electrons. The summed E-state index contributed by atoms with van der Waals surface area (Å²) in [5.74, 6) is 0.178. The van der Waals surface area contributed by atoms with E-state index in [-0.39, 0.29) is 5.92 Å². The first-order chi connectivity index (χ1) is 11.3. The molecule has 0 saturated carbocycles. The molecule has 3 aromatic rings. The molecule has 0 N–H and O–H groups in total. The summed E-state index contributed by atoms with van der Waals surface area (Å²) in [6, 6.07) is 25.9. The Kier molecular flexibility index (Phi) is 4.79. The SMILES string of the molecule is [O-][n+]1ccccc1C=NCC(c1ccccc1)c1ccccc1. The van der Waals surface area contributed by atoms with Gasteiger partial charge in [0.05, 0.1) is 12.8 Å². The lowest BCUT2D eigenvalue weighted by Crippen LogP contribution is -2.30. The topological polar surface area (TPSA) is 39.3 Å². The molecule has 0 aliphatic carbocycles. The molecular formula is C20H18N2O. The number of hydrogen-bond acceptors (Lipinski definition) is 2. The molecule has 3 rings (SSSR count). The standard InChI is InChI=1S/C20H18N2O/c23-22-14-8-7-13-19(22)15-21-16-20(17-9-3-1-4-10-17)18-11-5-2-6-12-18/h1-15,20H,16H2. The predicted molar refractivity (Wildman–Crippen MR) is 92.6 cm³/mol. The van der Waals surface area contributed by atoms with Crippen molar-refractivity contribution in [3.8, 4) is 0 Å². The van der Waals surface area contributed by atoms with E-state index >= 15 is 0 Å². The summed E-state index contributed by atoms with van der Waals surface area (Å²) < 4.78 is 0.823. The third-order valence-corrected chi connectivity index (χ3v) is 3.77. The van der Waals surface area contributed by atoms with Gasteiger partial charge in [0.25, 0.3) is 0 Å². The Morgan fingerprint density at radius 1 is 0.826 bits per heavy atom. The van der Waals surface area contributed by atoms with E-state index in [4.69, 9.17) is 0 Å². The van der Waals surface area contributed by atoms with Crippen LogP contribution in [-0.2, 0) is 0 Å². The van der Waals surface area contributed by atoms with E-state index < -0.39 is 0 Å². The van der Waals surface area contributed by atoms with E-state index in [1.54, 1.807) is 18.3 Å². The van der Waals surface area contributed by atoms with Gasteiger partial charge in [-0.05, 0) is 17.2 Å². The van der Waals surface area contributed by atoms with E-state index in [1.807, 2.05) is 42.5 Å². The van der Waals surface area contributed by atoms with Gasteiger partial charge in [0.1, 0.15) is 0 Å². The van der Waals surface area contributed by atoms with Crippen LogP contribution in [0.1, 0.15) is 22.7 Å². The Morgan fingerprint density at radius 3 is 1.96 bits per heavy atom. The molecule has 3 heteroatoms.